The molecule has 152 valence electrons. The summed E-state index contributed by atoms with van der Waals surface area (Å²) in [5.74, 6) is -0.275. The third-order valence-electron chi connectivity index (χ3n) is 4.42. The van der Waals surface area contributed by atoms with Crippen molar-refractivity contribution in [3.05, 3.63) is 85.7 Å². The van der Waals surface area contributed by atoms with E-state index in [2.05, 4.69) is 10.3 Å². The quantitative estimate of drug-likeness (QED) is 0.492. The largest absolute Gasteiger partial charge is 0.456 e. The molecule has 0 radical (unpaired) electrons. The number of rotatable bonds is 5. The van der Waals surface area contributed by atoms with Gasteiger partial charge in [0.1, 0.15) is 12.4 Å². The number of amides is 1. The fourth-order valence-corrected chi connectivity index (χ4v) is 3.57. The highest BCUT2D eigenvalue weighted by atomic mass is 32.1. The van der Waals surface area contributed by atoms with E-state index in [9.17, 15) is 14.4 Å². The van der Waals surface area contributed by atoms with Crippen LogP contribution in [0.5, 0.6) is 0 Å². The van der Waals surface area contributed by atoms with Crippen LogP contribution in [0.25, 0.3) is 5.65 Å². The van der Waals surface area contributed by atoms with Crippen molar-refractivity contribution in [3.8, 4) is 0 Å². The van der Waals surface area contributed by atoms with Gasteiger partial charge in [-0.3, -0.25) is 9.59 Å². The number of anilines is 1. The Morgan fingerprint density at radius 2 is 2.03 bits per heavy atom. The Bertz CT molecular complexity index is 1300. The monoisotopic (exact) mass is 423 g/mol. The van der Waals surface area contributed by atoms with Gasteiger partial charge in [-0.15, -0.1) is 15.9 Å². The van der Waals surface area contributed by atoms with Crippen LogP contribution in [0.2, 0.25) is 0 Å². The maximum absolute atomic E-state index is 12.6. The lowest BCUT2D eigenvalue weighted by molar-refractivity contribution is 0.0466. The van der Waals surface area contributed by atoms with Gasteiger partial charge in [0.05, 0.1) is 16.1 Å². The zero-order chi connectivity index (χ0) is 21.3. The summed E-state index contributed by atoms with van der Waals surface area (Å²) in [6.07, 6.45) is 0. The van der Waals surface area contributed by atoms with Gasteiger partial charge in [0.2, 0.25) is 0 Å². The minimum atomic E-state index is -0.579. The first-order valence-corrected chi connectivity index (χ1v) is 9.91. The van der Waals surface area contributed by atoms with Crippen LogP contribution in [0, 0.1) is 13.8 Å². The number of aromatic nitrogens is 2. The number of thiophene rings is 1. The molecular formula is C21H17N3O5S. The molecule has 8 nitrogen and oxygen atoms in total. The molecule has 3 heterocycles. The molecule has 0 saturated carbocycles. The summed E-state index contributed by atoms with van der Waals surface area (Å²) in [6, 6.07) is 11.4. The topological polar surface area (TPSA) is 103 Å². The van der Waals surface area contributed by atoms with E-state index in [-0.39, 0.29) is 12.5 Å². The first kappa shape index (κ1) is 19.6. The van der Waals surface area contributed by atoms with E-state index >= 15 is 0 Å². The molecule has 0 atom stereocenters. The fourth-order valence-electron chi connectivity index (χ4n) is 2.95. The van der Waals surface area contributed by atoms with E-state index in [0.29, 0.717) is 38.8 Å². The Labute approximate surface area is 174 Å². The van der Waals surface area contributed by atoms with Gasteiger partial charge in [-0.25, -0.2) is 9.78 Å². The highest BCUT2D eigenvalue weighted by Gasteiger charge is 2.16. The van der Waals surface area contributed by atoms with Crippen LogP contribution in [0.15, 0.2) is 57.2 Å². The number of esters is 1. The first-order valence-electron chi connectivity index (χ1n) is 9.03. The third-order valence-corrected chi connectivity index (χ3v) is 5.29. The summed E-state index contributed by atoms with van der Waals surface area (Å²) in [7, 11) is 0. The molecule has 0 aliphatic rings. The van der Waals surface area contributed by atoms with E-state index in [1.54, 1.807) is 50.2 Å². The molecule has 30 heavy (non-hydrogen) atoms. The number of ether oxygens (including phenoxy) is 1. The van der Waals surface area contributed by atoms with Gasteiger partial charge in [0, 0.05) is 17.8 Å². The van der Waals surface area contributed by atoms with Crippen molar-refractivity contribution in [2.24, 2.45) is 0 Å². The predicted molar refractivity (Wildman–Crippen MR) is 111 cm³/mol. The molecule has 9 heteroatoms. The number of nitrogens with zero attached hydrogens (tertiary/aromatic N) is 2. The number of carbonyl (C=O) groups is 2. The van der Waals surface area contributed by atoms with Gasteiger partial charge in [-0.05, 0) is 43.0 Å². The molecule has 0 fully saturated rings. The fraction of sp³-hybridized carbons (Fsp3) is 0.143. The van der Waals surface area contributed by atoms with Crippen molar-refractivity contribution in [2.45, 2.75) is 20.5 Å². The van der Waals surface area contributed by atoms with Gasteiger partial charge >= 0.3 is 5.97 Å². The molecule has 1 amide bonds. The van der Waals surface area contributed by atoms with Crippen LogP contribution < -0.4 is 10.9 Å². The normalized spacial score (nSPS) is 10.9. The standard InChI is InChI=1S/C21H17N3O5S/c1-12-9-18-22-14(10-19(25)24(18)29-12)11-28-21(27)15-5-3-6-16(13(15)2)23-20(26)17-7-4-8-30-17/h3-10H,11H2,1-2H3,(H,23,26). The average Bonchev–Trinajstić information content (AvgIpc) is 3.37. The number of fused-ring (bicyclic) bond motifs is 1. The van der Waals surface area contributed by atoms with Crippen LogP contribution in [-0.2, 0) is 11.3 Å². The maximum Gasteiger partial charge on any atom is 0.338 e. The maximum atomic E-state index is 12.6. The Morgan fingerprint density at radius 1 is 1.20 bits per heavy atom. The lowest BCUT2D eigenvalue weighted by Gasteiger charge is -2.12. The van der Waals surface area contributed by atoms with Gasteiger partial charge < -0.3 is 14.6 Å². The summed E-state index contributed by atoms with van der Waals surface area (Å²) in [4.78, 5) is 41.8. The molecule has 1 aromatic carbocycles. The van der Waals surface area contributed by atoms with Gasteiger partial charge in [-0.2, -0.15) is 0 Å². The summed E-state index contributed by atoms with van der Waals surface area (Å²) in [5.41, 5.74) is 1.69. The molecule has 0 aliphatic heterocycles. The lowest BCUT2D eigenvalue weighted by Crippen LogP contribution is -2.16. The minimum absolute atomic E-state index is 0.167. The molecule has 0 unspecified atom stereocenters. The molecule has 4 aromatic rings. The number of hydrogen-bond donors (Lipinski definition) is 1. The third kappa shape index (κ3) is 3.87. The molecule has 0 bridgehead atoms. The van der Waals surface area contributed by atoms with Crippen LogP contribution in [0.3, 0.4) is 0 Å². The molecule has 3 aromatic heterocycles. The van der Waals surface area contributed by atoms with Gasteiger partial charge in [0.15, 0.2) is 5.65 Å². The Balaban J connectivity index is 1.50. The van der Waals surface area contributed by atoms with Crippen molar-refractivity contribution >= 4 is 34.5 Å². The summed E-state index contributed by atoms with van der Waals surface area (Å²) >= 11 is 1.33. The lowest BCUT2D eigenvalue weighted by atomic mass is 10.1. The zero-order valence-corrected chi connectivity index (χ0v) is 17.0. The van der Waals surface area contributed by atoms with Crippen molar-refractivity contribution < 1.29 is 18.8 Å². The Kier molecular flexibility index (Phi) is 5.20. The number of aryl methyl sites for hydroxylation is 1. The van der Waals surface area contributed by atoms with Crippen LogP contribution in [-0.4, -0.2) is 21.4 Å². The van der Waals surface area contributed by atoms with Gasteiger partial charge in [0.25, 0.3) is 11.5 Å². The smallest absolute Gasteiger partial charge is 0.338 e. The van der Waals surface area contributed by atoms with Crippen LogP contribution in [0.4, 0.5) is 5.69 Å². The SMILES string of the molecule is Cc1cc2nc(COC(=O)c3cccc(NC(=O)c4cccs4)c3C)cc(=O)n2o1. The molecule has 1 N–H and O–H groups in total. The molecule has 0 spiro atoms. The average molecular weight is 423 g/mol. The van der Waals surface area contributed by atoms with Crippen molar-refractivity contribution in [1.82, 2.24) is 9.56 Å². The van der Waals surface area contributed by atoms with Crippen molar-refractivity contribution in [2.75, 3.05) is 5.32 Å². The predicted octanol–water partition coefficient (Wildman–Crippen LogP) is 3.58. The molecule has 0 aliphatic carbocycles. The minimum Gasteiger partial charge on any atom is -0.456 e. The first-order chi connectivity index (χ1) is 14.4. The Morgan fingerprint density at radius 3 is 2.80 bits per heavy atom. The second-order valence-corrected chi connectivity index (χ2v) is 7.52. The van der Waals surface area contributed by atoms with Crippen molar-refractivity contribution in [1.29, 1.82) is 0 Å². The molecule has 4 rings (SSSR count). The summed E-state index contributed by atoms with van der Waals surface area (Å²) < 4.78 is 11.7. The van der Waals surface area contributed by atoms with Gasteiger partial charge in [-0.1, -0.05) is 12.1 Å². The number of benzene rings is 1. The van der Waals surface area contributed by atoms with Crippen LogP contribution in [0.1, 0.15) is 37.0 Å². The number of carbonyl (C=O) groups excluding carboxylic acids is 2. The molecular weight excluding hydrogens is 406 g/mol. The van der Waals surface area contributed by atoms with E-state index in [1.807, 2.05) is 5.38 Å². The van der Waals surface area contributed by atoms with E-state index in [0.717, 1.165) is 4.57 Å². The Hall–Kier alpha value is -3.72. The second-order valence-electron chi connectivity index (χ2n) is 6.57. The van der Waals surface area contributed by atoms with E-state index < -0.39 is 11.5 Å². The number of hydrogen-bond acceptors (Lipinski definition) is 7. The van der Waals surface area contributed by atoms with E-state index in [4.69, 9.17) is 9.26 Å². The highest BCUT2D eigenvalue weighted by Crippen LogP contribution is 2.22. The van der Waals surface area contributed by atoms with Crippen LogP contribution >= 0.6 is 11.3 Å². The molecule has 0 saturated heterocycles. The highest BCUT2D eigenvalue weighted by molar-refractivity contribution is 7.12. The second kappa shape index (κ2) is 7.96. The number of nitrogens with one attached hydrogen (secondary N) is 1. The van der Waals surface area contributed by atoms with Crippen molar-refractivity contribution in [3.63, 3.8) is 0 Å². The summed E-state index contributed by atoms with van der Waals surface area (Å²) in [6.45, 7) is 3.27. The van der Waals surface area contributed by atoms with E-state index in [1.165, 1.54) is 17.4 Å². The summed E-state index contributed by atoms with van der Waals surface area (Å²) in [5, 5.41) is 4.63. The zero-order valence-electron chi connectivity index (χ0n) is 16.2.